The number of hydrogen-bond donors (Lipinski definition) is 0. The van der Waals surface area contributed by atoms with Gasteiger partial charge in [0.2, 0.25) is 8.32 Å². The molecule has 4 heteroatoms. The maximum Gasteiger partial charge on any atom is 0.250 e. The summed E-state index contributed by atoms with van der Waals surface area (Å²) in [5, 5.41) is 0.216. The summed E-state index contributed by atoms with van der Waals surface area (Å²) in [7, 11) is -1.83. The van der Waals surface area contributed by atoms with E-state index in [2.05, 4.69) is 85.8 Å². The molecule has 0 bridgehead atoms. The molecule has 1 aromatic rings. The molecule has 0 N–H and O–H groups in total. The molecule has 1 heterocycles. The Morgan fingerprint density at radius 2 is 1.79 bits per heavy atom. The van der Waals surface area contributed by atoms with Crippen LogP contribution in [0.15, 0.2) is 29.8 Å². The van der Waals surface area contributed by atoms with Crippen LogP contribution in [0.4, 0.5) is 0 Å². The zero-order valence-corrected chi connectivity index (χ0v) is 26.8. The normalized spacial score (nSPS) is 31.4. The highest BCUT2D eigenvalue weighted by atomic mass is 28.4. The zero-order valence-electron chi connectivity index (χ0n) is 25.8. The van der Waals surface area contributed by atoms with E-state index in [0.29, 0.717) is 17.8 Å². The molecule has 2 fully saturated rings. The topological polar surface area (TPSA) is 27.7 Å². The van der Waals surface area contributed by atoms with Crippen LogP contribution < -0.4 is 4.43 Å². The van der Waals surface area contributed by atoms with Gasteiger partial charge in [0, 0.05) is 12.3 Å². The van der Waals surface area contributed by atoms with Crippen LogP contribution in [-0.2, 0) is 15.9 Å². The molecule has 0 aromatic heterocycles. The Morgan fingerprint density at radius 1 is 1.08 bits per heavy atom. The average Bonchev–Trinajstić information content (AvgIpc) is 3.46. The molecule has 0 spiro atoms. The van der Waals surface area contributed by atoms with E-state index in [0.717, 1.165) is 43.6 Å². The summed E-state index contributed by atoms with van der Waals surface area (Å²) in [4.78, 5) is 0. The minimum Gasteiger partial charge on any atom is -0.543 e. The van der Waals surface area contributed by atoms with E-state index in [1.54, 1.807) is 16.7 Å². The molecule has 0 amide bonds. The Kier molecular flexibility index (Phi) is 7.53. The Labute approximate surface area is 234 Å². The molecule has 5 rings (SSSR count). The second-order valence-corrected chi connectivity index (χ2v) is 19.9. The van der Waals surface area contributed by atoms with Crippen molar-refractivity contribution < 1.29 is 13.9 Å². The monoisotopic (exact) mass is 538 g/mol. The van der Waals surface area contributed by atoms with Gasteiger partial charge in [0.05, 0.1) is 13.2 Å². The summed E-state index contributed by atoms with van der Waals surface area (Å²) in [6, 6.07) is 7.11. The molecule has 1 saturated heterocycles. The number of allylic oxidation sites excluding steroid dienone is 1. The van der Waals surface area contributed by atoms with Gasteiger partial charge in [-0.05, 0) is 109 Å². The maximum atomic E-state index is 6.69. The number of hydrogen-bond acceptors (Lipinski definition) is 3. The molecule has 212 valence electrons. The Bertz CT molecular complexity index is 1040. The van der Waals surface area contributed by atoms with Crippen molar-refractivity contribution in [3.05, 3.63) is 41.0 Å². The van der Waals surface area contributed by atoms with Crippen LogP contribution in [0.2, 0.25) is 18.1 Å². The Hall–Kier alpha value is -1.10. The molecule has 0 radical (unpaired) electrons. The number of aryl methyl sites for hydroxylation is 1. The molecule has 38 heavy (non-hydrogen) atoms. The lowest BCUT2D eigenvalue weighted by atomic mass is 9.53. The second kappa shape index (κ2) is 10.1. The van der Waals surface area contributed by atoms with E-state index in [4.69, 9.17) is 13.9 Å². The van der Waals surface area contributed by atoms with Crippen molar-refractivity contribution in [1.29, 1.82) is 0 Å². The summed E-state index contributed by atoms with van der Waals surface area (Å²) in [5.41, 5.74) is 5.06. The van der Waals surface area contributed by atoms with Crippen molar-refractivity contribution in [3.63, 3.8) is 0 Å². The lowest BCUT2D eigenvalue weighted by Crippen LogP contribution is -2.46. The van der Waals surface area contributed by atoms with Crippen LogP contribution in [0.25, 0.3) is 0 Å². The van der Waals surface area contributed by atoms with Gasteiger partial charge < -0.3 is 13.9 Å². The van der Waals surface area contributed by atoms with E-state index in [1.807, 2.05) is 0 Å². The van der Waals surface area contributed by atoms with Gasteiger partial charge in [-0.25, -0.2) is 0 Å². The summed E-state index contributed by atoms with van der Waals surface area (Å²) in [6.07, 6.45) is 11.1. The van der Waals surface area contributed by atoms with Gasteiger partial charge in [-0.15, -0.1) is 0 Å². The lowest BCUT2D eigenvalue weighted by molar-refractivity contribution is -0.193. The van der Waals surface area contributed by atoms with Crippen LogP contribution in [0, 0.1) is 29.1 Å². The first-order chi connectivity index (χ1) is 17.8. The van der Waals surface area contributed by atoms with Gasteiger partial charge in [0.15, 0.2) is 5.79 Å². The predicted octanol–water partition coefficient (Wildman–Crippen LogP) is 9.28. The Balaban J connectivity index is 1.34. The highest BCUT2D eigenvalue weighted by Gasteiger charge is 2.56. The second-order valence-electron chi connectivity index (χ2n) is 15.2. The van der Waals surface area contributed by atoms with E-state index in [1.165, 1.54) is 32.1 Å². The molecule has 1 aromatic carbocycles. The van der Waals surface area contributed by atoms with E-state index < -0.39 is 14.1 Å². The van der Waals surface area contributed by atoms with Crippen molar-refractivity contribution in [1.82, 2.24) is 0 Å². The van der Waals surface area contributed by atoms with E-state index in [-0.39, 0.29) is 10.5 Å². The highest BCUT2D eigenvalue weighted by Crippen LogP contribution is 2.63. The molecular weight excluding hydrogens is 484 g/mol. The van der Waals surface area contributed by atoms with Crippen LogP contribution in [0.5, 0.6) is 5.75 Å². The van der Waals surface area contributed by atoms with Crippen LogP contribution >= 0.6 is 0 Å². The van der Waals surface area contributed by atoms with Crippen LogP contribution in [0.1, 0.15) is 104 Å². The van der Waals surface area contributed by atoms with E-state index >= 15 is 0 Å². The fourth-order valence-corrected chi connectivity index (χ4v) is 9.17. The maximum absolute atomic E-state index is 6.69. The Morgan fingerprint density at radius 3 is 2.45 bits per heavy atom. The standard InChI is InChI=1S/C34H54O3Si/c1-23(2)16-19-34(35-20-21-36-34)24(3)30-14-15-31-29-12-10-25-22-26(37-38(8,9)32(4,5)6)11-13-27(25)28(29)17-18-33(30,31)7/h11,13-14,22-24,28-29,31H,10,12,15-21H2,1-9H3/t24-,28+,29+,31-,33+/m0/s1. The predicted molar refractivity (Wildman–Crippen MR) is 160 cm³/mol. The van der Waals surface area contributed by atoms with Gasteiger partial charge in [0.25, 0.3) is 0 Å². The van der Waals surface area contributed by atoms with Gasteiger partial charge in [-0.1, -0.05) is 66.2 Å². The van der Waals surface area contributed by atoms with Gasteiger partial charge in [-0.2, -0.15) is 0 Å². The first-order valence-electron chi connectivity index (χ1n) is 15.6. The summed E-state index contributed by atoms with van der Waals surface area (Å²) < 4.78 is 19.6. The van der Waals surface area contributed by atoms with Gasteiger partial charge in [-0.3, -0.25) is 0 Å². The van der Waals surface area contributed by atoms with Crippen molar-refractivity contribution >= 4 is 8.32 Å². The summed E-state index contributed by atoms with van der Waals surface area (Å²) in [6.45, 7) is 22.7. The quantitative estimate of drug-likeness (QED) is 0.256. The number of benzene rings is 1. The molecule has 3 aliphatic carbocycles. The summed E-state index contributed by atoms with van der Waals surface area (Å²) >= 11 is 0. The zero-order chi connectivity index (χ0) is 27.5. The molecule has 1 aliphatic heterocycles. The molecule has 3 nitrogen and oxygen atoms in total. The first-order valence-corrected chi connectivity index (χ1v) is 18.5. The summed E-state index contributed by atoms with van der Waals surface area (Å²) in [5.74, 6) is 3.85. The lowest BCUT2D eigenvalue weighted by Gasteiger charge is -2.52. The fourth-order valence-electron chi connectivity index (χ4n) is 8.15. The third-order valence-corrected chi connectivity index (χ3v) is 15.8. The number of fused-ring (bicyclic) bond motifs is 5. The minimum atomic E-state index is -1.83. The first kappa shape index (κ1) is 28.4. The molecular formula is C34H54O3Si. The number of ether oxygens (including phenoxy) is 2. The molecule has 1 saturated carbocycles. The minimum absolute atomic E-state index is 0.216. The van der Waals surface area contributed by atoms with Gasteiger partial charge in [0.1, 0.15) is 5.75 Å². The molecule has 4 aliphatic rings. The molecule has 5 atom stereocenters. The van der Waals surface area contributed by atoms with Crippen molar-refractivity contribution in [3.8, 4) is 5.75 Å². The third-order valence-electron chi connectivity index (χ3n) is 11.5. The fraction of sp³-hybridized carbons (Fsp3) is 0.765. The largest absolute Gasteiger partial charge is 0.543 e. The van der Waals surface area contributed by atoms with Crippen molar-refractivity contribution in [2.45, 2.75) is 123 Å². The van der Waals surface area contributed by atoms with E-state index in [9.17, 15) is 0 Å². The smallest absolute Gasteiger partial charge is 0.250 e. The van der Waals surface area contributed by atoms with Crippen molar-refractivity contribution in [2.75, 3.05) is 13.2 Å². The van der Waals surface area contributed by atoms with Crippen molar-refractivity contribution in [2.24, 2.45) is 29.1 Å². The highest BCUT2D eigenvalue weighted by molar-refractivity contribution is 6.74. The third kappa shape index (κ3) is 4.85. The van der Waals surface area contributed by atoms with Gasteiger partial charge >= 0.3 is 0 Å². The molecule has 0 unspecified atom stereocenters. The number of rotatable bonds is 7. The van der Waals surface area contributed by atoms with Crippen LogP contribution in [0.3, 0.4) is 0 Å². The average molecular weight is 539 g/mol. The SMILES string of the molecule is CC(C)CCC1([C@@H](C)C2=CC[C@H]3[C@@H]4CCc5cc(O[Si](C)(C)C(C)(C)C)ccc5[C@H]4CC[C@]23C)OCCO1. The van der Waals surface area contributed by atoms with Crippen LogP contribution in [-0.4, -0.2) is 27.3 Å².